The molecule has 0 unspecified atom stereocenters. The molecule has 0 spiro atoms. The van der Waals surface area contributed by atoms with E-state index in [2.05, 4.69) is 37.9 Å². The average molecular weight is 230 g/mol. The van der Waals surface area contributed by atoms with Crippen LogP contribution in [0, 0.1) is 20.8 Å². The maximum absolute atomic E-state index is 5.51. The first-order chi connectivity index (χ1) is 8.11. The third-order valence-electron chi connectivity index (χ3n) is 3.02. The number of aryl methyl sites for hydroxylation is 3. The van der Waals surface area contributed by atoms with Gasteiger partial charge in [0.2, 0.25) is 5.89 Å². The van der Waals surface area contributed by atoms with Crippen LogP contribution in [0.1, 0.15) is 22.4 Å². The number of benzene rings is 1. The first kappa shape index (κ1) is 11.9. The van der Waals surface area contributed by atoms with Crippen LogP contribution < -0.4 is 5.73 Å². The van der Waals surface area contributed by atoms with Crippen molar-refractivity contribution in [3.8, 4) is 11.5 Å². The third kappa shape index (κ3) is 2.39. The minimum absolute atomic E-state index is 0.595. The molecule has 0 saturated carbocycles. The summed E-state index contributed by atoms with van der Waals surface area (Å²) in [6.07, 6.45) is 2.45. The van der Waals surface area contributed by atoms with E-state index in [4.69, 9.17) is 10.2 Å². The van der Waals surface area contributed by atoms with Crippen LogP contribution in [0.2, 0.25) is 0 Å². The quantitative estimate of drug-likeness (QED) is 0.882. The van der Waals surface area contributed by atoms with Gasteiger partial charge in [-0.05, 0) is 50.1 Å². The second-order valence-electron chi connectivity index (χ2n) is 4.43. The average Bonchev–Trinajstić information content (AvgIpc) is 2.72. The summed E-state index contributed by atoms with van der Waals surface area (Å²) in [6, 6.07) is 4.29. The fraction of sp³-hybridized carbons (Fsp3) is 0.357. The van der Waals surface area contributed by atoms with E-state index in [0.717, 1.165) is 17.7 Å². The van der Waals surface area contributed by atoms with E-state index >= 15 is 0 Å². The standard InChI is InChI=1S/C14H18N2O/c1-9-6-11(3)13(7-10(9)2)14-16-12(4-5-15)8-17-14/h6-8H,4-5,15H2,1-3H3. The summed E-state index contributed by atoms with van der Waals surface area (Å²) >= 11 is 0. The number of aromatic nitrogens is 1. The van der Waals surface area contributed by atoms with Crippen LogP contribution in [-0.2, 0) is 6.42 Å². The molecule has 2 rings (SSSR count). The highest BCUT2D eigenvalue weighted by Crippen LogP contribution is 2.25. The number of nitrogens with zero attached hydrogens (tertiary/aromatic N) is 1. The zero-order chi connectivity index (χ0) is 12.4. The van der Waals surface area contributed by atoms with Gasteiger partial charge in [0.1, 0.15) is 6.26 Å². The Morgan fingerprint density at radius 2 is 1.82 bits per heavy atom. The number of rotatable bonds is 3. The number of nitrogens with two attached hydrogens (primary N) is 1. The van der Waals surface area contributed by atoms with Gasteiger partial charge < -0.3 is 10.2 Å². The first-order valence-corrected chi connectivity index (χ1v) is 5.84. The van der Waals surface area contributed by atoms with E-state index in [-0.39, 0.29) is 0 Å². The van der Waals surface area contributed by atoms with Crippen LogP contribution in [-0.4, -0.2) is 11.5 Å². The summed E-state index contributed by atoms with van der Waals surface area (Å²) in [5.41, 5.74) is 11.2. The third-order valence-corrected chi connectivity index (χ3v) is 3.02. The molecule has 0 atom stereocenters. The molecule has 1 aromatic carbocycles. The zero-order valence-electron chi connectivity index (χ0n) is 10.6. The SMILES string of the molecule is Cc1cc(C)c(-c2nc(CCN)co2)cc1C. The molecular formula is C14H18N2O. The number of hydrogen-bond acceptors (Lipinski definition) is 3. The van der Waals surface area contributed by atoms with Crippen molar-refractivity contribution < 1.29 is 4.42 Å². The molecule has 0 amide bonds. The number of hydrogen-bond donors (Lipinski definition) is 1. The lowest BCUT2D eigenvalue weighted by Crippen LogP contribution is -2.02. The summed E-state index contributed by atoms with van der Waals surface area (Å²) in [7, 11) is 0. The van der Waals surface area contributed by atoms with Gasteiger partial charge in [0.15, 0.2) is 0 Å². The second kappa shape index (κ2) is 4.72. The summed E-state index contributed by atoms with van der Waals surface area (Å²) in [5, 5.41) is 0. The Balaban J connectivity index is 2.41. The molecule has 0 bridgehead atoms. The molecule has 17 heavy (non-hydrogen) atoms. The second-order valence-corrected chi connectivity index (χ2v) is 4.43. The molecule has 1 heterocycles. The maximum atomic E-state index is 5.51. The van der Waals surface area contributed by atoms with Crippen molar-refractivity contribution in [2.45, 2.75) is 27.2 Å². The Labute approximate surface area is 102 Å². The van der Waals surface area contributed by atoms with Crippen molar-refractivity contribution in [2.75, 3.05) is 6.54 Å². The fourth-order valence-electron chi connectivity index (χ4n) is 1.88. The monoisotopic (exact) mass is 230 g/mol. The highest BCUT2D eigenvalue weighted by atomic mass is 16.3. The van der Waals surface area contributed by atoms with Crippen LogP contribution in [0.25, 0.3) is 11.5 Å². The summed E-state index contributed by atoms with van der Waals surface area (Å²) < 4.78 is 5.51. The summed E-state index contributed by atoms with van der Waals surface area (Å²) in [6.45, 7) is 6.88. The molecule has 3 heteroatoms. The molecule has 2 aromatic rings. The number of oxazole rings is 1. The fourth-order valence-corrected chi connectivity index (χ4v) is 1.88. The van der Waals surface area contributed by atoms with Crippen LogP contribution >= 0.6 is 0 Å². The lowest BCUT2D eigenvalue weighted by Gasteiger charge is -2.06. The Kier molecular flexibility index (Phi) is 3.29. The lowest BCUT2D eigenvalue weighted by atomic mass is 10.0. The van der Waals surface area contributed by atoms with Crippen LogP contribution in [0.3, 0.4) is 0 Å². The van der Waals surface area contributed by atoms with Gasteiger partial charge in [-0.2, -0.15) is 0 Å². The highest BCUT2D eigenvalue weighted by Gasteiger charge is 2.10. The predicted molar refractivity (Wildman–Crippen MR) is 68.9 cm³/mol. The van der Waals surface area contributed by atoms with Crippen molar-refractivity contribution in [3.05, 3.63) is 40.8 Å². The molecule has 1 aromatic heterocycles. The molecule has 0 aliphatic rings. The largest absolute Gasteiger partial charge is 0.444 e. The van der Waals surface area contributed by atoms with Crippen molar-refractivity contribution >= 4 is 0 Å². The van der Waals surface area contributed by atoms with Crippen molar-refractivity contribution in [1.29, 1.82) is 0 Å². The van der Waals surface area contributed by atoms with E-state index in [1.807, 2.05) is 0 Å². The topological polar surface area (TPSA) is 52.0 Å². The molecular weight excluding hydrogens is 212 g/mol. The van der Waals surface area contributed by atoms with Crippen molar-refractivity contribution in [1.82, 2.24) is 4.98 Å². The van der Waals surface area contributed by atoms with Crippen molar-refractivity contribution in [3.63, 3.8) is 0 Å². The minimum Gasteiger partial charge on any atom is -0.444 e. The van der Waals surface area contributed by atoms with Gasteiger partial charge in [0.25, 0.3) is 0 Å². The van der Waals surface area contributed by atoms with Gasteiger partial charge in [-0.25, -0.2) is 4.98 Å². The van der Waals surface area contributed by atoms with Crippen LogP contribution in [0.5, 0.6) is 0 Å². The van der Waals surface area contributed by atoms with Gasteiger partial charge in [0, 0.05) is 12.0 Å². The minimum atomic E-state index is 0.595. The van der Waals surface area contributed by atoms with E-state index in [1.165, 1.54) is 16.7 Å². The Hall–Kier alpha value is -1.61. The van der Waals surface area contributed by atoms with E-state index in [9.17, 15) is 0 Å². The molecule has 2 N–H and O–H groups in total. The van der Waals surface area contributed by atoms with Gasteiger partial charge in [-0.15, -0.1) is 0 Å². The van der Waals surface area contributed by atoms with E-state index in [0.29, 0.717) is 12.4 Å². The smallest absolute Gasteiger partial charge is 0.226 e. The normalized spacial score (nSPS) is 10.8. The zero-order valence-corrected chi connectivity index (χ0v) is 10.6. The first-order valence-electron chi connectivity index (χ1n) is 5.84. The Bertz CT molecular complexity index is 529. The molecule has 0 aliphatic carbocycles. The molecule has 90 valence electrons. The molecule has 0 fully saturated rings. The molecule has 0 aliphatic heterocycles. The van der Waals surface area contributed by atoms with Crippen LogP contribution in [0.15, 0.2) is 22.8 Å². The predicted octanol–water partition coefficient (Wildman–Crippen LogP) is 2.77. The Morgan fingerprint density at radius 3 is 2.53 bits per heavy atom. The van der Waals surface area contributed by atoms with Gasteiger partial charge in [-0.3, -0.25) is 0 Å². The Morgan fingerprint density at radius 1 is 1.12 bits per heavy atom. The van der Waals surface area contributed by atoms with Gasteiger partial charge in [0.05, 0.1) is 5.69 Å². The summed E-state index contributed by atoms with van der Waals surface area (Å²) in [5.74, 6) is 0.689. The van der Waals surface area contributed by atoms with E-state index < -0.39 is 0 Å². The molecule has 3 nitrogen and oxygen atoms in total. The lowest BCUT2D eigenvalue weighted by molar-refractivity contribution is 0.572. The van der Waals surface area contributed by atoms with Gasteiger partial charge in [-0.1, -0.05) is 6.07 Å². The van der Waals surface area contributed by atoms with Crippen LogP contribution in [0.4, 0.5) is 0 Å². The molecule has 0 radical (unpaired) electrons. The highest BCUT2D eigenvalue weighted by molar-refractivity contribution is 5.61. The molecule has 0 saturated heterocycles. The van der Waals surface area contributed by atoms with E-state index in [1.54, 1.807) is 6.26 Å². The summed E-state index contributed by atoms with van der Waals surface area (Å²) in [4.78, 5) is 4.46. The van der Waals surface area contributed by atoms with Gasteiger partial charge >= 0.3 is 0 Å². The maximum Gasteiger partial charge on any atom is 0.226 e. The van der Waals surface area contributed by atoms with Crippen molar-refractivity contribution in [2.24, 2.45) is 5.73 Å².